The van der Waals surface area contributed by atoms with Crippen LogP contribution >= 0.6 is 11.3 Å². The number of amides is 1. The van der Waals surface area contributed by atoms with Crippen LogP contribution in [0.1, 0.15) is 29.9 Å². The first-order chi connectivity index (χ1) is 14.0. The minimum atomic E-state index is -0.311. The fraction of sp³-hybridized carbons (Fsp3) is 0.364. The summed E-state index contributed by atoms with van der Waals surface area (Å²) in [6.45, 7) is 3.54. The predicted molar refractivity (Wildman–Crippen MR) is 109 cm³/mol. The Morgan fingerprint density at radius 2 is 2.10 bits per heavy atom. The lowest BCUT2D eigenvalue weighted by Crippen LogP contribution is -2.45. The Balaban J connectivity index is 1.41. The lowest BCUT2D eigenvalue weighted by molar-refractivity contribution is -0.121. The Labute approximate surface area is 172 Å². The average molecular weight is 415 g/mol. The summed E-state index contributed by atoms with van der Waals surface area (Å²) in [5.74, 6) is 1.18. The molecule has 4 rings (SSSR count). The highest BCUT2D eigenvalue weighted by molar-refractivity contribution is 7.13. The summed E-state index contributed by atoms with van der Waals surface area (Å²) >= 11 is 1.46. The molecule has 3 aromatic rings. The zero-order valence-electron chi connectivity index (χ0n) is 16.2. The highest BCUT2D eigenvalue weighted by Crippen LogP contribution is 2.34. The first-order valence-corrected chi connectivity index (χ1v) is 10.5. The van der Waals surface area contributed by atoms with E-state index >= 15 is 0 Å². The summed E-state index contributed by atoms with van der Waals surface area (Å²) in [6.07, 6.45) is 1.69. The molecule has 0 radical (unpaired) electrons. The molecule has 5 nitrogen and oxygen atoms in total. The van der Waals surface area contributed by atoms with Gasteiger partial charge in [0.05, 0.1) is 12.1 Å². The topological polar surface area (TPSA) is 64.4 Å². The van der Waals surface area contributed by atoms with E-state index in [1.54, 1.807) is 12.1 Å². The molecule has 1 aromatic carbocycles. The Hall–Kier alpha value is -2.51. The fourth-order valence-electron chi connectivity index (χ4n) is 3.69. The lowest BCUT2D eigenvalue weighted by atomic mass is 9.74. The van der Waals surface area contributed by atoms with E-state index in [2.05, 4.69) is 10.3 Å². The van der Waals surface area contributed by atoms with E-state index in [9.17, 15) is 9.18 Å². The molecule has 0 spiro atoms. The van der Waals surface area contributed by atoms with Gasteiger partial charge in [0, 0.05) is 30.6 Å². The van der Waals surface area contributed by atoms with Crippen LogP contribution in [0.4, 0.5) is 4.39 Å². The van der Waals surface area contributed by atoms with Crippen LogP contribution in [-0.2, 0) is 21.4 Å². The molecule has 1 aliphatic heterocycles. The van der Waals surface area contributed by atoms with Gasteiger partial charge in [0.15, 0.2) is 10.8 Å². The van der Waals surface area contributed by atoms with Crippen LogP contribution in [0.15, 0.2) is 46.2 Å². The molecule has 0 atom stereocenters. The number of carbonyl (C=O) groups is 1. The number of nitrogens with zero attached hydrogens (tertiary/aromatic N) is 1. The van der Waals surface area contributed by atoms with Crippen molar-refractivity contribution in [2.45, 2.75) is 31.6 Å². The fourth-order valence-corrected chi connectivity index (χ4v) is 4.47. The van der Waals surface area contributed by atoms with Crippen molar-refractivity contribution in [1.82, 2.24) is 10.3 Å². The van der Waals surface area contributed by atoms with Crippen LogP contribution in [0.3, 0.4) is 0 Å². The minimum Gasteiger partial charge on any atom is -0.459 e. The van der Waals surface area contributed by atoms with Crippen molar-refractivity contribution in [2.75, 3.05) is 19.8 Å². The van der Waals surface area contributed by atoms with Crippen LogP contribution < -0.4 is 5.32 Å². The summed E-state index contributed by atoms with van der Waals surface area (Å²) in [7, 11) is 0. The third-order valence-corrected chi connectivity index (χ3v) is 6.26. The van der Waals surface area contributed by atoms with E-state index < -0.39 is 0 Å². The molecule has 1 aliphatic rings. The van der Waals surface area contributed by atoms with Crippen molar-refractivity contribution in [3.05, 3.63) is 64.6 Å². The van der Waals surface area contributed by atoms with Gasteiger partial charge in [-0.1, -0.05) is 12.1 Å². The maximum absolute atomic E-state index is 13.8. The van der Waals surface area contributed by atoms with Crippen LogP contribution in [0.2, 0.25) is 0 Å². The predicted octanol–water partition coefficient (Wildman–Crippen LogP) is 4.26. The number of furan rings is 1. The standard InChI is InChI=1S/C22H23FN2O3S/c1-15-5-6-19(28-15)21-25-18(13-29-21)12-20(26)24-14-22(7-9-27-10-8-22)16-3-2-4-17(23)11-16/h2-6,11,13H,7-10,12,14H2,1H3,(H,24,26). The number of aryl methyl sites for hydroxylation is 1. The van der Waals surface area contributed by atoms with Crippen molar-refractivity contribution in [3.63, 3.8) is 0 Å². The van der Waals surface area contributed by atoms with Gasteiger partial charge >= 0.3 is 0 Å². The van der Waals surface area contributed by atoms with Crippen molar-refractivity contribution >= 4 is 17.2 Å². The number of hydrogen-bond acceptors (Lipinski definition) is 5. The van der Waals surface area contributed by atoms with Gasteiger partial charge in [0.2, 0.25) is 5.91 Å². The zero-order chi connectivity index (χ0) is 20.3. The highest BCUT2D eigenvalue weighted by Gasteiger charge is 2.35. The molecule has 1 saturated heterocycles. The molecule has 0 unspecified atom stereocenters. The monoisotopic (exact) mass is 414 g/mol. The summed E-state index contributed by atoms with van der Waals surface area (Å²) in [5.41, 5.74) is 1.31. The molecule has 0 bridgehead atoms. The Kier molecular flexibility index (Phi) is 5.78. The van der Waals surface area contributed by atoms with Crippen molar-refractivity contribution in [2.24, 2.45) is 0 Å². The summed E-state index contributed by atoms with van der Waals surface area (Å²) < 4.78 is 24.9. The molecule has 152 valence electrons. The molecule has 29 heavy (non-hydrogen) atoms. The summed E-state index contributed by atoms with van der Waals surface area (Å²) in [5, 5.41) is 5.68. The third-order valence-electron chi connectivity index (χ3n) is 5.36. The Bertz CT molecular complexity index is 991. The van der Waals surface area contributed by atoms with Crippen molar-refractivity contribution in [3.8, 4) is 10.8 Å². The number of benzene rings is 1. The normalized spacial score (nSPS) is 15.9. The third kappa shape index (κ3) is 4.57. The van der Waals surface area contributed by atoms with Gasteiger partial charge in [-0.25, -0.2) is 9.37 Å². The van der Waals surface area contributed by atoms with E-state index in [0.29, 0.717) is 31.2 Å². The number of halogens is 1. The van der Waals surface area contributed by atoms with Gasteiger partial charge in [-0.2, -0.15) is 0 Å². The van der Waals surface area contributed by atoms with Crippen LogP contribution in [-0.4, -0.2) is 30.6 Å². The first-order valence-electron chi connectivity index (χ1n) is 9.66. The second-order valence-corrected chi connectivity index (χ2v) is 8.27. The minimum absolute atomic E-state index is 0.0975. The number of rotatable bonds is 6. The summed E-state index contributed by atoms with van der Waals surface area (Å²) in [6, 6.07) is 10.4. The Morgan fingerprint density at radius 3 is 2.83 bits per heavy atom. The maximum atomic E-state index is 13.8. The van der Waals surface area contributed by atoms with E-state index in [4.69, 9.17) is 9.15 Å². The van der Waals surface area contributed by atoms with Crippen molar-refractivity contribution in [1.29, 1.82) is 0 Å². The largest absolute Gasteiger partial charge is 0.459 e. The SMILES string of the molecule is Cc1ccc(-c2nc(CC(=O)NCC3(c4cccc(F)c4)CCOCC3)cs2)o1. The molecular formula is C22H23FN2O3S. The van der Waals surface area contributed by atoms with E-state index in [0.717, 1.165) is 29.2 Å². The first kappa shape index (κ1) is 19.8. The van der Waals surface area contributed by atoms with Gasteiger partial charge < -0.3 is 14.5 Å². The highest BCUT2D eigenvalue weighted by atomic mass is 32.1. The maximum Gasteiger partial charge on any atom is 0.226 e. The number of carbonyl (C=O) groups excluding carboxylic acids is 1. The van der Waals surface area contributed by atoms with Crippen LogP contribution in [0, 0.1) is 12.7 Å². The smallest absolute Gasteiger partial charge is 0.226 e. The van der Waals surface area contributed by atoms with Gasteiger partial charge in [0.25, 0.3) is 0 Å². The van der Waals surface area contributed by atoms with Gasteiger partial charge in [-0.15, -0.1) is 11.3 Å². The number of aromatic nitrogens is 1. The Morgan fingerprint density at radius 1 is 1.28 bits per heavy atom. The molecule has 3 heterocycles. The summed E-state index contributed by atoms with van der Waals surface area (Å²) in [4.78, 5) is 17.1. The molecule has 1 amide bonds. The number of hydrogen-bond donors (Lipinski definition) is 1. The molecular weight excluding hydrogens is 391 g/mol. The molecule has 1 N–H and O–H groups in total. The van der Waals surface area contributed by atoms with E-state index in [1.165, 1.54) is 17.4 Å². The second kappa shape index (κ2) is 8.47. The zero-order valence-corrected chi connectivity index (χ0v) is 17.1. The van der Waals surface area contributed by atoms with Gasteiger partial charge in [0.1, 0.15) is 11.6 Å². The van der Waals surface area contributed by atoms with E-state index in [-0.39, 0.29) is 23.6 Å². The molecule has 7 heteroatoms. The van der Waals surface area contributed by atoms with Crippen LogP contribution in [0.25, 0.3) is 10.8 Å². The number of thiazole rings is 1. The molecule has 2 aromatic heterocycles. The van der Waals surface area contributed by atoms with Crippen LogP contribution in [0.5, 0.6) is 0 Å². The molecule has 1 fully saturated rings. The quantitative estimate of drug-likeness (QED) is 0.655. The lowest BCUT2D eigenvalue weighted by Gasteiger charge is -2.38. The molecule has 0 aliphatic carbocycles. The van der Waals surface area contributed by atoms with E-state index in [1.807, 2.05) is 30.5 Å². The number of ether oxygens (including phenoxy) is 1. The molecule has 0 saturated carbocycles. The number of nitrogens with one attached hydrogen (secondary N) is 1. The van der Waals surface area contributed by atoms with Gasteiger partial charge in [-0.05, 0) is 49.6 Å². The van der Waals surface area contributed by atoms with Crippen molar-refractivity contribution < 1.29 is 18.3 Å². The van der Waals surface area contributed by atoms with Gasteiger partial charge in [-0.3, -0.25) is 4.79 Å². The average Bonchev–Trinajstić information content (AvgIpc) is 3.36. The second-order valence-electron chi connectivity index (χ2n) is 7.41.